The molecule has 1 aliphatic carbocycles. The van der Waals surface area contributed by atoms with Crippen LogP contribution in [-0.2, 0) is 17.8 Å². The largest absolute Gasteiger partial charge is 0.478 e. The van der Waals surface area contributed by atoms with E-state index in [0.29, 0.717) is 48.5 Å². The second-order valence-corrected chi connectivity index (χ2v) is 12.7. The molecule has 0 spiro atoms. The van der Waals surface area contributed by atoms with Crippen molar-refractivity contribution in [1.82, 2.24) is 14.5 Å². The number of halogens is 2. The van der Waals surface area contributed by atoms with Crippen LogP contribution in [0.5, 0.6) is 5.88 Å². The van der Waals surface area contributed by atoms with Gasteiger partial charge in [0.1, 0.15) is 24.1 Å². The average Bonchev–Trinajstić information content (AvgIpc) is 3.73. The monoisotopic (exact) mass is 609 g/mol. The van der Waals surface area contributed by atoms with Crippen molar-refractivity contribution >= 4 is 17.0 Å². The summed E-state index contributed by atoms with van der Waals surface area (Å²) in [5, 5.41) is 9.60. The second-order valence-electron chi connectivity index (χ2n) is 12.7. The molecule has 2 aliphatic rings. The summed E-state index contributed by atoms with van der Waals surface area (Å²) in [5.74, 6) is -0.765. The van der Waals surface area contributed by atoms with Gasteiger partial charge in [-0.1, -0.05) is 44.2 Å². The number of benzene rings is 3. The molecule has 1 saturated carbocycles. The quantitative estimate of drug-likeness (QED) is 0.184. The third kappa shape index (κ3) is 5.80. The first kappa shape index (κ1) is 29.1. The van der Waals surface area contributed by atoms with Gasteiger partial charge in [0.25, 0.3) is 0 Å². The van der Waals surface area contributed by atoms with Gasteiger partial charge in [-0.25, -0.2) is 23.5 Å². The number of carbonyl (C=O) groups is 1. The molecule has 45 heavy (non-hydrogen) atoms. The SMILES string of the molecule is CC1(C)COCC1n1c(Cc2cc(F)c(-c3cccc(OCc4ccc(C5CC5)cc4)n3)cc2F)nc2ccc(C(=O)O)cc21. The summed E-state index contributed by atoms with van der Waals surface area (Å²) in [6.07, 6.45) is 2.49. The maximum Gasteiger partial charge on any atom is 0.335 e. The van der Waals surface area contributed by atoms with Crippen LogP contribution in [0.4, 0.5) is 8.78 Å². The number of fused-ring (bicyclic) bond motifs is 1. The molecule has 1 aliphatic heterocycles. The maximum absolute atomic E-state index is 15.7. The van der Waals surface area contributed by atoms with Gasteiger partial charge >= 0.3 is 5.97 Å². The first-order valence-corrected chi connectivity index (χ1v) is 15.2. The van der Waals surface area contributed by atoms with Crippen molar-refractivity contribution in [1.29, 1.82) is 0 Å². The number of hydrogen-bond donors (Lipinski definition) is 1. The molecule has 0 amide bonds. The van der Waals surface area contributed by atoms with E-state index in [1.807, 2.05) is 16.7 Å². The Bertz CT molecular complexity index is 1910. The topological polar surface area (TPSA) is 86.5 Å². The molecule has 1 N–H and O–H groups in total. The molecule has 9 heteroatoms. The third-order valence-electron chi connectivity index (χ3n) is 8.87. The Morgan fingerprint density at radius 1 is 1.02 bits per heavy atom. The normalized spacial score (nSPS) is 17.6. The van der Waals surface area contributed by atoms with Gasteiger partial charge in [0.05, 0.1) is 41.5 Å². The van der Waals surface area contributed by atoms with Crippen LogP contribution in [0.1, 0.15) is 71.5 Å². The molecule has 1 unspecified atom stereocenters. The fourth-order valence-electron chi connectivity index (χ4n) is 6.12. The van der Waals surface area contributed by atoms with Gasteiger partial charge in [0, 0.05) is 23.5 Å². The Hall–Kier alpha value is -4.63. The Labute approximate surface area is 259 Å². The molecular formula is C36H33F2N3O4. The third-order valence-corrected chi connectivity index (χ3v) is 8.87. The number of carboxylic acids is 1. The number of carboxylic acid groups (broad SMARTS) is 1. The van der Waals surface area contributed by atoms with Crippen LogP contribution in [0.15, 0.2) is 72.8 Å². The van der Waals surface area contributed by atoms with E-state index in [0.717, 1.165) is 11.6 Å². The van der Waals surface area contributed by atoms with Gasteiger partial charge in [-0.3, -0.25) is 0 Å². The van der Waals surface area contributed by atoms with Gasteiger partial charge < -0.3 is 19.1 Å². The van der Waals surface area contributed by atoms with Crippen LogP contribution in [0.2, 0.25) is 0 Å². The van der Waals surface area contributed by atoms with Crippen molar-refractivity contribution in [2.75, 3.05) is 13.2 Å². The van der Waals surface area contributed by atoms with Gasteiger partial charge in [-0.15, -0.1) is 0 Å². The van der Waals surface area contributed by atoms with E-state index >= 15 is 8.78 Å². The van der Waals surface area contributed by atoms with Crippen LogP contribution >= 0.6 is 0 Å². The first-order chi connectivity index (χ1) is 21.7. The van der Waals surface area contributed by atoms with E-state index in [-0.39, 0.29) is 40.3 Å². The van der Waals surface area contributed by atoms with Gasteiger partial charge in [0.15, 0.2) is 0 Å². The predicted molar refractivity (Wildman–Crippen MR) is 165 cm³/mol. The predicted octanol–water partition coefficient (Wildman–Crippen LogP) is 7.72. The summed E-state index contributed by atoms with van der Waals surface area (Å²) >= 11 is 0. The van der Waals surface area contributed by atoms with E-state index in [4.69, 9.17) is 14.5 Å². The maximum atomic E-state index is 15.7. The number of nitrogens with zero attached hydrogens (tertiary/aromatic N) is 3. The lowest BCUT2D eigenvalue weighted by Gasteiger charge is -2.28. The minimum absolute atomic E-state index is 0.00279. The molecule has 3 heterocycles. The standard InChI is InChI=1S/C36H33F2N3O4/c1-36(2)20-44-19-32(36)41-31-15-24(35(42)43)12-13-30(31)39-33(41)16-25-14-28(38)26(17-27(25)37)29-4-3-5-34(40-29)45-18-21-6-8-22(9-7-21)23-10-11-23/h3-9,12-15,17,23,32H,10-11,16,18-20H2,1-2H3,(H,42,43). The number of aromatic nitrogens is 3. The summed E-state index contributed by atoms with van der Waals surface area (Å²) in [6, 6.07) is 20.3. The van der Waals surface area contributed by atoms with Crippen LogP contribution in [-0.4, -0.2) is 38.8 Å². The van der Waals surface area contributed by atoms with E-state index in [2.05, 4.69) is 31.0 Å². The number of pyridine rings is 1. The molecule has 0 bridgehead atoms. The highest BCUT2D eigenvalue weighted by Crippen LogP contribution is 2.41. The summed E-state index contributed by atoms with van der Waals surface area (Å²) in [5.41, 5.74) is 3.81. The van der Waals surface area contributed by atoms with Gasteiger partial charge in [0.2, 0.25) is 5.88 Å². The number of hydrogen-bond acceptors (Lipinski definition) is 5. The van der Waals surface area contributed by atoms with Crippen LogP contribution < -0.4 is 4.74 Å². The number of imidazole rings is 1. The zero-order valence-electron chi connectivity index (χ0n) is 25.1. The summed E-state index contributed by atoms with van der Waals surface area (Å²) in [6.45, 7) is 5.34. The Balaban J connectivity index is 1.16. The summed E-state index contributed by atoms with van der Waals surface area (Å²) in [7, 11) is 0. The zero-order chi connectivity index (χ0) is 31.3. The fourth-order valence-corrected chi connectivity index (χ4v) is 6.12. The summed E-state index contributed by atoms with van der Waals surface area (Å²) < 4.78 is 44.9. The van der Waals surface area contributed by atoms with E-state index in [1.54, 1.807) is 30.3 Å². The smallest absolute Gasteiger partial charge is 0.335 e. The Morgan fingerprint density at radius 2 is 1.82 bits per heavy atom. The fraction of sp³-hybridized carbons (Fsp3) is 0.306. The van der Waals surface area contributed by atoms with Crippen LogP contribution in [0.3, 0.4) is 0 Å². The van der Waals surface area contributed by atoms with Crippen molar-refractivity contribution in [2.24, 2.45) is 5.41 Å². The highest BCUT2D eigenvalue weighted by atomic mass is 19.1. The molecule has 7 rings (SSSR count). The van der Waals surface area contributed by atoms with E-state index in [1.165, 1.54) is 30.5 Å². The van der Waals surface area contributed by atoms with Crippen molar-refractivity contribution in [3.8, 4) is 17.1 Å². The molecule has 7 nitrogen and oxygen atoms in total. The molecule has 1 saturated heterocycles. The van der Waals surface area contributed by atoms with Crippen molar-refractivity contribution in [2.45, 2.75) is 51.7 Å². The summed E-state index contributed by atoms with van der Waals surface area (Å²) in [4.78, 5) is 20.9. The Morgan fingerprint density at radius 3 is 2.53 bits per heavy atom. The molecule has 5 aromatic rings. The molecular weight excluding hydrogens is 576 g/mol. The number of ether oxygens (including phenoxy) is 2. The highest BCUT2D eigenvalue weighted by Gasteiger charge is 2.39. The molecule has 2 fully saturated rings. The molecule has 3 aromatic carbocycles. The minimum Gasteiger partial charge on any atom is -0.478 e. The number of rotatable bonds is 9. The highest BCUT2D eigenvalue weighted by molar-refractivity contribution is 5.92. The zero-order valence-corrected chi connectivity index (χ0v) is 25.1. The van der Waals surface area contributed by atoms with E-state index in [9.17, 15) is 9.90 Å². The lowest BCUT2D eigenvalue weighted by molar-refractivity contribution is 0.0697. The van der Waals surface area contributed by atoms with Crippen molar-refractivity contribution < 1.29 is 28.2 Å². The van der Waals surface area contributed by atoms with Crippen molar-refractivity contribution in [3.05, 3.63) is 113 Å². The molecule has 1 atom stereocenters. The minimum atomic E-state index is -1.05. The molecule has 0 radical (unpaired) electrons. The van der Waals surface area contributed by atoms with E-state index < -0.39 is 17.6 Å². The van der Waals surface area contributed by atoms with Gasteiger partial charge in [-0.05, 0) is 71.8 Å². The van der Waals surface area contributed by atoms with Crippen LogP contribution in [0.25, 0.3) is 22.3 Å². The molecule has 230 valence electrons. The average molecular weight is 610 g/mol. The lowest BCUT2D eigenvalue weighted by Crippen LogP contribution is -2.27. The first-order valence-electron chi connectivity index (χ1n) is 15.2. The number of aromatic carboxylic acids is 1. The Kier molecular flexibility index (Phi) is 7.36. The second kappa shape index (κ2) is 11.4. The molecule has 2 aromatic heterocycles. The van der Waals surface area contributed by atoms with Crippen LogP contribution in [0, 0.1) is 17.0 Å². The lowest BCUT2D eigenvalue weighted by atomic mass is 9.87. The van der Waals surface area contributed by atoms with Gasteiger partial charge in [-0.2, -0.15) is 0 Å². The van der Waals surface area contributed by atoms with Crippen molar-refractivity contribution in [3.63, 3.8) is 0 Å².